The Balaban J connectivity index is 1.51. The molecule has 1 fully saturated rings. The first-order chi connectivity index (χ1) is 17.6. The van der Waals surface area contributed by atoms with Gasteiger partial charge in [0.25, 0.3) is 5.91 Å². The van der Waals surface area contributed by atoms with Crippen LogP contribution in [0.1, 0.15) is 66.6 Å². The van der Waals surface area contributed by atoms with E-state index in [1.165, 1.54) is 11.1 Å². The summed E-state index contributed by atoms with van der Waals surface area (Å²) in [6.07, 6.45) is 1.45. The lowest BCUT2D eigenvalue weighted by atomic mass is 9.88. The molecule has 2 amide bonds. The minimum absolute atomic E-state index is 0.00248. The number of carbonyl (C=O) groups excluding carboxylic acids is 2. The van der Waals surface area contributed by atoms with Crippen LogP contribution in [0.5, 0.6) is 0 Å². The number of carbonyl (C=O) groups is 2. The number of likely N-dealkylation sites (tertiary alicyclic amines) is 1. The predicted molar refractivity (Wildman–Crippen MR) is 152 cm³/mol. The molecule has 0 aliphatic carbocycles. The second-order valence-electron chi connectivity index (χ2n) is 10.7. The van der Waals surface area contributed by atoms with Crippen molar-refractivity contribution in [3.05, 3.63) is 99.5 Å². The SMILES string of the molecule is Cc1cccc(C2CCN(C(=O)c3cccc(N(Cc4ccc(Br)cc4)C(=O)OC(C)(C)C)c3)CC2)c1. The van der Waals surface area contributed by atoms with Crippen LogP contribution >= 0.6 is 15.9 Å². The van der Waals surface area contributed by atoms with Gasteiger partial charge < -0.3 is 9.64 Å². The van der Waals surface area contributed by atoms with Gasteiger partial charge in [0.1, 0.15) is 5.60 Å². The Bertz CT molecular complexity index is 1240. The monoisotopic (exact) mass is 562 g/mol. The molecule has 1 heterocycles. The van der Waals surface area contributed by atoms with Crippen LogP contribution in [0.2, 0.25) is 0 Å². The molecule has 0 spiro atoms. The van der Waals surface area contributed by atoms with Crippen LogP contribution in [0.15, 0.2) is 77.3 Å². The summed E-state index contributed by atoms with van der Waals surface area (Å²) in [5, 5.41) is 0. The summed E-state index contributed by atoms with van der Waals surface area (Å²) in [5.41, 5.74) is 4.17. The number of piperidine rings is 1. The first kappa shape index (κ1) is 26.9. The van der Waals surface area contributed by atoms with Crippen LogP contribution in [-0.4, -0.2) is 35.6 Å². The molecular formula is C31H35BrN2O3. The van der Waals surface area contributed by atoms with E-state index in [4.69, 9.17) is 4.74 Å². The van der Waals surface area contributed by atoms with Crippen molar-refractivity contribution in [2.75, 3.05) is 18.0 Å². The van der Waals surface area contributed by atoms with Crippen molar-refractivity contribution in [2.24, 2.45) is 0 Å². The van der Waals surface area contributed by atoms with Crippen LogP contribution in [0, 0.1) is 6.92 Å². The average molecular weight is 564 g/mol. The van der Waals surface area contributed by atoms with E-state index in [0.29, 0.717) is 23.7 Å². The van der Waals surface area contributed by atoms with Crippen LogP contribution in [0.4, 0.5) is 10.5 Å². The summed E-state index contributed by atoms with van der Waals surface area (Å²) in [7, 11) is 0. The summed E-state index contributed by atoms with van der Waals surface area (Å²) < 4.78 is 6.68. The minimum atomic E-state index is -0.635. The largest absolute Gasteiger partial charge is 0.443 e. The molecular weight excluding hydrogens is 528 g/mol. The van der Waals surface area contributed by atoms with Crippen LogP contribution in [0.25, 0.3) is 0 Å². The van der Waals surface area contributed by atoms with Crippen molar-refractivity contribution in [3.63, 3.8) is 0 Å². The van der Waals surface area contributed by atoms with E-state index in [1.807, 2.05) is 68.1 Å². The van der Waals surface area contributed by atoms with Crippen molar-refractivity contribution < 1.29 is 14.3 Å². The van der Waals surface area contributed by atoms with Crippen molar-refractivity contribution >= 4 is 33.6 Å². The van der Waals surface area contributed by atoms with Crippen LogP contribution < -0.4 is 4.90 Å². The van der Waals surface area contributed by atoms with Crippen LogP contribution in [0.3, 0.4) is 0 Å². The smallest absolute Gasteiger partial charge is 0.415 e. The highest BCUT2D eigenvalue weighted by atomic mass is 79.9. The zero-order valence-corrected chi connectivity index (χ0v) is 23.6. The quantitative estimate of drug-likeness (QED) is 0.319. The molecule has 3 aromatic rings. The molecule has 6 heteroatoms. The van der Waals surface area contributed by atoms with Gasteiger partial charge in [-0.05, 0) is 87.9 Å². The van der Waals surface area contributed by atoms with Crippen molar-refractivity contribution in [1.29, 1.82) is 0 Å². The average Bonchev–Trinajstić information content (AvgIpc) is 2.87. The van der Waals surface area contributed by atoms with E-state index in [9.17, 15) is 9.59 Å². The Labute approximate surface area is 228 Å². The molecule has 1 saturated heterocycles. The minimum Gasteiger partial charge on any atom is -0.443 e. The molecule has 5 nitrogen and oxygen atoms in total. The number of nitrogens with zero attached hydrogens (tertiary/aromatic N) is 2. The van der Waals surface area contributed by atoms with Gasteiger partial charge in [-0.2, -0.15) is 0 Å². The van der Waals surface area contributed by atoms with Gasteiger partial charge in [-0.1, -0.05) is 64.0 Å². The van der Waals surface area contributed by atoms with Gasteiger partial charge >= 0.3 is 6.09 Å². The maximum Gasteiger partial charge on any atom is 0.415 e. The van der Waals surface area contributed by atoms with Gasteiger partial charge in [0.15, 0.2) is 0 Å². The van der Waals surface area contributed by atoms with Crippen molar-refractivity contribution in [2.45, 2.75) is 58.6 Å². The van der Waals surface area contributed by atoms with Crippen molar-refractivity contribution in [3.8, 4) is 0 Å². The zero-order chi connectivity index (χ0) is 26.6. The lowest BCUT2D eigenvalue weighted by Crippen LogP contribution is -2.38. The van der Waals surface area contributed by atoms with Gasteiger partial charge in [-0.3, -0.25) is 9.69 Å². The Kier molecular flexibility index (Phi) is 8.38. The Morgan fingerprint density at radius 2 is 1.65 bits per heavy atom. The number of hydrogen-bond donors (Lipinski definition) is 0. The molecule has 1 aliphatic rings. The van der Waals surface area contributed by atoms with E-state index >= 15 is 0 Å². The molecule has 0 N–H and O–H groups in total. The molecule has 0 bridgehead atoms. The molecule has 4 rings (SSSR count). The maximum atomic E-state index is 13.5. The lowest BCUT2D eigenvalue weighted by Gasteiger charge is -2.33. The third kappa shape index (κ3) is 7.22. The Hall–Kier alpha value is -3.12. The number of anilines is 1. The second kappa shape index (κ2) is 11.5. The van der Waals surface area contributed by atoms with Gasteiger partial charge in [0.05, 0.1) is 6.54 Å². The van der Waals surface area contributed by atoms with Gasteiger partial charge in [0, 0.05) is 28.8 Å². The number of rotatable bonds is 5. The molecule has 0 radical (unpaired) electrons. The number of amides is 2. The molecule has 37 heavy (non-hydrogen) atoms. The Morgan fingerprint density at radius 3 is 2.30 bits per heavy atom. The fraction of sp³-hybridized carbons (Fsp3) is 0.355. The fourth-order valence-corrected chi connectivity index (χ4v) is 4.94. The summed E-state index contributed by atoms with van der Waals surface area (Å²) in [6.45, 7) is 9.44. The van der Waals surface area contributed by atoms with E-state index in [1.54, 1.807) is 11.0 Å². The first-order valence-electron chi connectivity index (χ1n) is 12.8. The number of ether oxygens (including phenoxy) is 1. The second-order valence-corrected chi connectivity index (χ2v) is 11.6. The predicted octanol–water partition coefficient (Wildman–Crippen LogP) is 7.72. The summed E-state index contributed by atoms with van der Waals surface area (Å²) in [5.74, 6) is 0.473. The standard InChI is InChI=1S/C31H35BrN2O3/c1-22-7-5-8-25(19-22)24-15-17-33(18-16-24)29(35)26-9-6-10-28(20-26)34(30(36)37-31(2,3)4)21-23-11-13-27(32)14-12-23/h5-14,19-20,24H,15-18,21H2,1-4H3. The first-order valence-corrected chi connectivity index (χ1v) is 13.6. The Morgan fingerprint density at radius 1 is 0.973 bits per heavy atom. The topological polar surface area (TPSA) is 49.9 Å². The van der Waals surface area contributed by atoms with Gasteiger partial charge in [-0.25, -0.2) is 4.79 Å². The van der Waals surface area contributed by atoms with E-state index in [0.717, 1.165) is 36.0 Å². The summed E-state index contributed by atoms with van der Waals surface area (Å²) in [6, 6.07) is 23.8. The highest BCUT2D eigenvalue weighted by Gasteiger charge is 2.27. The molecule has 0 unspecified atom stereocenters. The molecule has 1 aliphatic heterocycles. The molecule has 0 saturated carbocycles. The normalized spacial score (nSPS) is 14.4. The number of halogens is 1. The maximum absolute atomic E-state index is 13.5. The van der Waals surface area contributed by atoms with E-state index in [-0.39, 0.29) is 5.91 Å². The fourth-order valence-electron chi connectivity index (χ4n) is 4.68. The van der Waals surface area contributed by atoms with Gasteiger partial charge in [-0.15, -0.1) is 0 Å². The molecule has 3 aromatic carbocycles. The number of aryl methyl sites for hydroxylation is 1. The molecule has 0 atom stereocenters. The third-order valence-electron chi connectivity index (χ3n) is 6.57. The van der Waals surface area contributed by atoms with E-state index < -0.39 is 11.7 Å². The number of benzene rings is 3. The highest BCUT2D eigenvalue weighted by Crippen LogP contribution is 2.30. The van der Waals surface area contributed by atoms with Gasteiger partial charge in [0.2, 0.25) is 0 Å². The van der Waals surface area contributed by atoms with Crippen LogP contribution in [-0.2, 0) is 11.3 Å². The third-order valence-corrected chi connectivity index (χ3v) is 7.10. The van der Waals surface area contributed by atoms with Crippen molar-refractivity contribution in [1.82, 2.24) is 4.90 Å². The number of hydrogen-bond acceptors (Lipinski definition) is 3. The molecule has 0 aromatic heterocycles. The highest BCUT2D eigenvalue weighted by molar-refractivity contribution is 9.10. The summed E-state index contributed by atoms with van der Waals surface area (Å²) >= 11 is 3.46. The molecule has 194 valence electrons. The zero-order valence-electron chi connectivity index (χ0n) is 22.0. The summed E-state index contributed by atoms with van der Waals surface area (Å²) in [4.78, 5) is 30.2. The lowest BCUT2D eigenvalue weighted by molar-refractivity contribution is 0.0576. The van der Waals surface area contributed by atoms with E-state index in [2.05, 4.69) is 47.1 Å².